The number of hydrogen-bond acceptors (Lipinski definition) is 3. The third-order valence-electron chi connectivity index (χ3n) is 5.34. The van der Waals surface area contributed by atoms with Crippen molar-refractivity contribution in [1.29, 1.82) is 0 Å². The Bertz CT molecular complexity index is 482. The molecular formula is C17H25ClN2O. The molecule has 116 valence electrons. The predicted octanol–water partition coefficient (Wildman–Crippen LogP) is 3.77. The number of nitrogens with one attached hydrogen (secondary N) is 1. The topological polar surface area (TPSA) is 47.3 Å². The molecule has 0 saturated heterocycles. The number of hydrazine groups is 1. The number of halogens is 1. The van der Waals surface area contributed by atoms with Crippen LogP contribution in [-0.2, 0) is 0 Å². The third kappa shape index (κ3) is 3.53. The van der Waals surface area contributed by atoms with Gasteiger partial charge in [0, 0.05) is 5.02 Å². The maximum atomic E-state index is 6.01. The van der Waals surface area contributed by atoms with E-state index in [1.807, 2.05) is 24.3 Å². The molecule has 2 fully saturated rings. The zero-order valence-corrected chi connectivity index (χ0v) is 13.4. The van der Waals surface area contributed by atoms with E-state index in [0.717, 1.165) is 29.9 Å². The SMILES string of the molecule is CC(Oc1cccc(Cl)c1)C(CC1CC2CCC1C2)NN. The highest BCUT2D eigenvalue weighted by Gasteiger charge is 2.40. The molecule has 21 heavy (non-hydrogen) atoms. The van der Waals surface area contributed by atoms with Gasteiger partial charge in [0.2, 0.25) is 0 Å². The first-order valence-corrected chi connectivity index (χ1v) is 8.42. The molecular weight excluding hydrogens is 284 g/mol. The minimum absolute atomic E-state index is 0.0348. The molecule has 0 spiro atoms. The van der Waals surface area contributed by atoms with E-state index in [2.05, 4.69) is 12.3 Å². The van der Waals surface area contributed by atoms with Crippen molar-refractivity contribution < 1.29 is 4.74 Å². The largest absolute Gasteiger partial charge is 0.489 e. The van der Waals surface area contributed by atoms with E-state index in [0.29, 0.717) is 5.02 Å². The van der Waals surface area contributed by atoms with Crippen LogP contribution in [0.2, 0.25) is 5.02 Å². The number of fused-ring (bicyclic) bond motifs is 2. The molecule has 3 N–H and O–H groups in total. The lowest BCUT2D eigenvalue weighted by molar-refractivity contribution is 0.142. The van der Waals surface area contributed by atoms with Crippen molar-refractivity contribution >= 4 is 11.6 Å². The van der Waals surface area contributed by atoms with Crippen LogP contribution in [0.15, 0.2) is 24.3 Å². The van der Waals surface area contributed by atoms with Gasteiger partial charge in [-0.1, -0.05) is 24.1 Å². The second kappa shape index (κ2) is 6.55. The zero-order chi connectivity index (χ0) is 14.8. The molecule has 3 rings (SSSR count). The predicted molar refractivity (Wildman–Crippen MR) is 86.2 cm³/mol. The quantitative estimate of drug-likeness (QED) is 0.621. The summed E-state index contributed by atoms with van der Waals surface area (Å²) in [7, 11) is 0. The minimum Gasteiger partial charge on any atom is -0.489 e. The summed E-state index contributed by atoms with van der Waals surface area (Å²) in [4.78, 5) is 0. The third-order valence-corrected chi connectivity index (χ3v) is 5.58. The molecule has 2 saturated carbocycles. The summed E-state index contributed by atoms with van der Waals surface area (Å²) in [6, 6.07) is 7.74. The molecule has 3 nitrogen and oxygen atoms in total. The Balaban J connectivity index is 1.57. The van der Waals surface area contributed by atoms with Crippen LogP contribution in [0.5, 0.6) is 5.75 Å². The van der Waals surface area contributed by atoms with Gasteiger partial charge in [-0.2, -0.15) is 0 Å². The van der Waals surface area contributed by atoms with Gasteiger partial charge in [-0.25, -0.2) is 0 Å². The fourth-order valence-electron chi connectivity index (χ4n) is 4.22. The van der Waals surface area contributed by atoms with Crippen molar-refractivity contribution in [1.82, 2.24) is 5.43 Å². The second-order valence-corrected chi connectivity index (χ2v) is 7.16. The molecule has 0 amide bonds. The first-order valence-electron chi connectivity index (χ1n) is 8.04. The van der Waals surface area contributed by atoms with Gasteiger partial charge >= 0.3 is 0 Å². The van der Waals surface area contributed by atoms with Crippen LogP contribution < -0.4 is 16.0 Å². The lowest BCUT2D eigenvalue weighted by Crippen LogP contribution is -2.46. The average molecular weight is 309 g/mol. The molecule has 5 unspecified atom stereocenters. The number of rotatable bonds is 6. The number of hydrogen-bond donors (Lipinski definition) is 2. The molecule has 1 aromatic carbocycles. The molecule has 2 aliphatic carbocycles. The Morgan fingerprint density at radius 1 is 1.38 bits per heavy atom. The van der Waals surface area contributed by atoms with Crippen LogP contribution in [0.1, 0.15) is 39.0 Å². The van der Waals surface area contributed by atoms with Gasteiger partial charge in [0.25, 0.3) is 0 Å². The van der Waals surface area contributed by atoms with Crippen LogP contribution in [0.25, 0.3) is 0 Å². The number of ether oxygens (including phenoxy) is 1. The Hall–Kier alpha value is -0.770. The second-order valence-electron chi connectivity index (χ2n) is 6.72. The summed E-state index contributed by atoms with van der Waals surface area (Å²) in [6.45, 7) is 2.08. The van der Waals surface area contributed by atoms with Crippen molar-refractivity contribution in [2.75, 3.05) is 0 Å². The van der Waals surface area contributed by atoms with E-state index < -0.39 is 0 Å². The van der Waals surface area contributed by atoms with Crippen LogP contribution in [-0.4, -0.2) is 12.1 Å². The lowest BCUT2D eigenvalue weighted by atomic mass is 9.83. The van der Waals surface area contributed by atoms with E-state index >= 15 is 0 Å². The average Bonchev–Trinajstić information content (AvgIpc) is 3.07. The van der Waals surface area contributed by atoms with Crippen LogP contribution in [0.3, 0.4) is 0 Å². The van der Waals surface area contributed by atoms with Gasteiger partial charge in [-0.05, 0) is 68.6 Å². The van der Waals surface area contributed by atoms with Crippen molar-refractivity contribution in [3.63, 3.8) is 0 Å². The van der Waals surface area contributed by atoms with Crippen LogP contribution >= 0.6 is 11.6 Å². The molecule has 0 heterocycles. The van der Waals surface area contributed by atoms with E-state index in [4.69, 9.17) is 22.2 Å². The first kappa shape index (κ1) is 15.1. The summed E-state index contributed by atoms with van der Waals surface area (Å²) in [6.07, 6.45) is 6.82. The summed E-state index contributed by atoms with van der Waals surface area (Å²) in [5.41, 5.74) is 2.97. The summed E-state index contributed by atoms with van der Waals surface area (Å²) >= 11 is 6.00. The molecule has 4 heteroatoms. The Kier molecular flexibility index (Phi) is 4.72. The number of nitrogens with two attached hydrogens (primary N) is 1. The molecule has 2 bridgehead atoms. The fourth-order valence-corrected chi connectivity index (χ4v) is 4.40. The standard InChI is InChI=1S/C17H25ClN2O/c1-11(21-16-4-2-3-15(18)10-16)17(20-19)9-14-8-12-5-6-13(14)7-12/h2-4,10-14,17,20H,5-9,19H2,1H3. The number of benzene rings is 1. The Morgan fingerprint density at radius 3 is 2.86 bits per heavy atom. The van der Waals surface area contributed by atoms with Gasteiger partial charge < -0.3 is 4.74 Å². The van der Waals surface area contributed by atoms with Crippen molar-refractivity contribution in [2.45, 2.75) is 51.2 Å². The van der Waals surface area contributed by atoms with Crippen molar-refractivity contribution in [2.24, 2.45) is 23.6 Å². The van der Waals surface area contributed by atoms with Gasteiger partial charge in [0.1, 0.15) is 11.9 Å². The van der Waals surface area contributed by atoms with E-state index in [1.165, 1.54) is 25.7 Å². The van der Waals surface area contributed by atoms with Crippen molar-refractivity contribution in [3.05, 3.63) is 29.3 Å². The first-order chi connectivity index (χ1) is 10.2. The highest BCUT2D eigenvalue weighted by atomic mass is 35.5. The van der Waals surface area contributed by atoms with Gasteiger partial charge in [0.15, 0.2) is 0 Å². The van der Waals surface area contributed by atoms with Gasteiger partial charge in [-0.15, -0.1) is 0 Å². The molecule has 2 aliphatic rings. The summed E-state index contributed by atoms with van der Waals surface area (Å²) in [5.74, 6) is 9.30. The normalized spacial score (nSPS) is 30.3. The summed E-state index contributed by atoms with van der Waals surface area (Å²) in [5, 5.41) is 0.699. The molecule has 0 aliphatic heterocycles. The fraction of sp³-hybridized carbons (Fsp3) is 0.647. The molecule has 1 aromatic rings. The van der Waals surface area contributed by atoms with E-state index in [9.17, 15) is 0 Å². The zero-order valence-electron chi connectivity index (χ0n) is 12.6. The highest BCUT2D eigenvalue weighted by Crippen LogP contribution is 2.50. The Labute approximate surface area is 132 Å². The molecule has 5 atom stereocenters. The lowest BCUT2D eigenvalue weighted by Gasteiger charge is -2.30. The van der Waals surface area contributed by atoms with Gasteiger partial charge in [0.05, 0.1) is 6.04 Å². The highest BCUT2D eigenvalue weighted by molar-refractivity contribution is 6.30. The maximum Gasteiger partial charge on any atom is 0.121 e. The monoisotopic (exact) mass is 308 g/mol. The maximum absolute atomic E-state index is 6.01. The molecule has 0 radical (unpaired) electrons. The van der Waals surface area contributed by atoms with Crippen molar-refractivity contribution in [3.8, 4) is 5.75 Å². The minimum atomic E-state index is 0.0348. The van der Waals surface area contributed by atoms with Crippen LogP contribution in [0, 0.1) is 17.8 Å². The van der Waals surface area contributed by atoms with Crippen LogP contribution in [0.4, 0.5) is 0 Å². The van der Waals surface area contributed by atoms with Gasteiger partial charge in [-0.3, -0.25) is 11.3 Å². The smallest absolute Gasteiger partial charge is 0.121 e. The van der Waals surface area contributed by atoms with E-state index in [1.54, 1.807) is 0 Å². The van der Waals surface area contributed by atoms with E-state index in [-0.39, 0.29) is 12.1 Å². The Morgan fingerprint density at radius 2 is 2.24 bits per heavy atom. The molecule has 0 aromatic heterocycles. The summed E-state index contributed by atoms with van der Waals surface area (Å²) < 4.78 is 6.01.